The van der Waals surface area contributed by atoms with Crippen molar-refractivity contribution in [1.82, 2.24) is 16.0 Å². The van der Waals surface area contributed by atoms with Gasteiger partial charge >= 0.3 is 0 Å². The Balaban J connectivity index is 1.70. The standard InChI is InChI=1S/C19H23ClN4O2/c1-21-19(24-13-14-4-3-5-16(20)12-14)23-11-10-22-18(25)15-6-8-17(26-2)9-7-15/h3-9,12H,10-11,13H2,1-2H3,(H,22,25)(H2,21,23,24). The van der Waals surface area contributed by atoms with Crippen LogP contribution >= 0.6 is 11.6 Å². The van der Waals surface area contributed by atoms with Gasteiger partial charge in [0.25, 0.3) is 5.91 Å². The molecule has 7 heteroatoms. The summed E-state index contributed by atoms with van der Waals surface area (Å²) in [5.41, 5.74) is 1.66. The molecule has 0 aliphatic carbocycles. The first-order valence-electron chi connectivity index (χ1n) is 8.23. The molecule has 0 heterocycles. The second-order valence-corrected chi connectivity index (χ2v) is 5.90. The summed E-state index contributed by atoms with van der Waals surface area (Å²) in [6.07, 6.45) is 0. The summed E-state index contributed by atoms with van der Waals surface area (Å²) in [5, 5.41) is 9.91. The van der Waals surface area contributed by atoms with Crippen LogP contribution in [0.4, 0.5) is 0 Å². The number of methoxy groups -OCH3 is 1. The van der Waals surface area contributed by atoms with Crippen molar-refractivity contribution in [3.05, 3.63) is 64.7 Å². The highest BCUT2D eigenvalue weighted by Gasteiger charge is 2.05. The molecule has 1 amide bonds. The monoisotopic (exact) mass is 374 g/mol. The van der Waals surface area contributed by atoms with Gasteiger partial charge in [-0.1, -0.05) is 23.7 Å². The molecule has 0 fully saturated rings. The fourth-order valence-corrected chi connectivity index (χ4v) is 2.47. The Hall–Kier alpha value is -2.73. The van der Waals surface area contributed by atoms with Gasteiger partial charge in [-0.15, -0.1) is 0 Å². The van der Waals surface area contributed by atoms with Gasteiger partial charge in [-0.2, -0.15) is 0 Å². The molecule has 138 valence electrons. The van der Waals surface area contributed by atoms with Crippen LogP contribution in [0.3, 0.4) is 0 Å². The summed E-state index contributed by atoms with van der Waals surface area (Å²) in [7, 11) is 3.29. The van der Waals surface area contributed by atoms with Crippen molar-refractivity contribution in [3.8, 4) is 5.75 Å². The Labute approximate surface area is 158 Å². The van der Waals surface area contributed by atoms with Crippen LogP contribution in [0.5, 0.6) is 5.75 Å². The van der Waals surface area contributed by atoms with Crippen LogP contribution in [0, 0.1) is 0 Å². The maximum Gasteiger partial charge on any atom is 0.251 e. The molecule has 0 aliphatic heterocycles. The van der Waals surface area contributed by atoms with E-state index < -0.39 is 0 Å². The van der Waals surface area contributed by atoms with Crippen molar-refractivity contribution in [2.75, 3.05) is 27.2 Å². The van der Waals surface area contributed by atoms with Crippen LogP contribution in [0.25, 0.3) is 0 Å². The number of nitrogens with one attached hydrogen (secondary N) is 3. The number of hydrogen-bond acceptors (Lipinski definition) is 3. The van der Waals surface area contributed by atoms with Gasteiger partial charge in [-0.25, -0.2) is 0 Å². The molecule has 0 spiro atoms. The van der Waals surface area contributed by atoms with Crippen molar-refractivity contribution in [2.24, 2.45) is 4.99 Å². The summed E-state index contributed by atoms with van der Waals surface area (Å²) >= 11 is 5.97. The second-order valence-electron chi connectivity index (χ2n) is 5.47. The third-order valence-corrected chi connectivity index (χ3v) is 3.86. The minimum atomic E-state index is -0.128. The lowest BCUT2D eigenvalue weighted by Gasteiger charge is -2.12. The van der Waals surface area contributed by atoms with Gasteiger partial charge in [0.2, 0.25) is 0 Å². The minimum Gasteiger partial charge on any atom is -0.497 e. The number of benzene rings is 2. The second kappa shape index (κ2) is 10.3. The zero-order chi connectivity index (χ0) is 18.8. The van der Waals surface area contributed by atoms with Gasteiger partial charge < -0.3 is 20.7 Å². The Bertz CT molecular complexity index is 747. The molecular weight excluding hydrogens is 352 g/mol. The summed E-state index contributed by atoms with van der Waals surface area (Å²) < 4.78 is 5.08. The molecule has 0 unspecified atom stereocenters. The summed E-state index contributed by atoms with van der Waals surface area (Å²) in [6, 6.07) is 14.6. The van der Waals surface area contributed by atoms with Crippen LogP contribution < -0.4 is 20.7 Å². The van der Waals surface area contributed by atoms with Crippen LogP contribution in [0.1, 0.15) is 15.9 Å². The number of carbonyl (C=O) groups excluding carboxylic acids is 1. The molecule has 0 atom stereocenters. The normalized spacial score (nSPS) is 11.0. The van der Waals surface area contributed by atoms with E-state index in [1.807, 2.05) is 24.3 Å². The molecule has 2 aromatic rings. The fourth-order valence-electron chi connectivity index (χ4n) is 2.25. The van der Waals surface area contributed by atoms with Crippen molar-refractivity contribution in [2.45, 2.75) is 6.54 Å². The highest BCUT2D eigenvalue weighted by Crippen LogP contribution is 2.11. The molecule has 26 heavy (non-hydrogen) atoms. The molecule has 2 aromatic carbocycles. The summed E-state index contributed by atoms with van der Waals surface area (Å²) in [5.74, 6) is 1.25. The van der Waals surface area contributed by atoms with E-state index >= 15 is 0 Å². The van der Waals surface area contributed by atoms with Gasteiger partial charge in [0.15, 0.2) is 5.96 Å². The van der Waals surface area contributed by atoms with E-state index in [2.05, 4.69) is 20.9 Å². The van der Waals surface area contributed by atoms with E-state index in [4.69, 9.17) is 16.3 Å². The predicted molar refractivity (Wildman–Crippen MR) is 105 cm³/mol. The number of hydrogen-bond donors (Lipinski definition) is 3. The number of rotatable bonds is 7. The molecule has 0 saturated heterocycles. The number of amides is 1. The maximum absolute atomic E-state index is 12.1. The zero-order valence-electron chi connectivity index (χ0n) is 14.9. The lowest BCUT2D eigenvalue weighted by molar-refractivity contribution is 0.0954. The lowest BCUT2D eigenvalue weighted by Crippen LogP contribution is -2.41. The van der Waals surface area contributed by atoms with E-state index in [1.54, 1.807) is 38.4 Å². The quantitative estimate of drug-likeness (QED) is 0.395. The first kappa shape index (κ1) is 19.6. The Morgan fingerprint density at radius 3 is 2.46 bits per heavy atom. The first-order valence-corrected chi connectivity index (χ1v) is 8.61. The van der Waals surface area contributed by atoms with Crippen molar-refractivity contribution >= 4 is 23.5 Å². The minimum absolute atomic E-state index is 0.128. The number of carbonyl (C=O) groups is 1. The number of aliphatic imine (C=N–C) groups is 1. The van der Waals surface area contributed by atoms with E-state index in [0.29, 0.717) is 36.2 Å². The van der Waals surface area contributed by atoms with Crippen LogP contribution in [0.15, 0.2) is 53.5 Å². The zero-order valence-corrected chi connectivity index (χ0v) is 15.6. The molecule has 0 radical (unpaired) electrons. The molecular formula is C19H23ClN4O2. The van der Waals surface area contributed by atoms with Crippen molar-refractivity contribution in [1.29, 1.82) is 0 Å². The molecule has 0 saturated carbocycles. The van der Waals surface area contributed by atoms with Crippen LogP contribution in [-0.4, -0.2) is 39.1 Å². The number of guanidine groups is 1. The molecule has 6 nitrogen and oxygen atoms in total. The van der Waals surface area contributed by atoms with E-state index in [0.717, 1.165) is 11.3 Å². The van der Waals surface area contributed by atoms with Crippen LogP contribution in [0.2, 0.25) is 5.02 Å². The Morgan fingerprint density at radius 1 is 1.08 bits per heavy atom. The average Bonchev–Trinajstić information content (AvgIpc) is 2.67. The van der Waals surface area contributed by atoms with E-state index in [1.165, 1.54) is 0 Å². The number of ether oxygens (including phenoxy) is 1. The number of halogens is 1. The van der Waals surface area contributed by atoms with Gasteiger partial charge in [0.1, 0.15) is 5.75 Å². The molecule has 0 aromatic heterocycles. The predicted octanol–water partition coefficient (Wildman–Crippen LogP) is 2.44. The smallest absolute Gasteiger partial charge is 0.251 e. The highest BCUT2D eigenvalue weighted by atomic mass is 35.5. The highest BCUT2D eigenvalue weighted by molar-refractivity contribution is 6.30. The average molecular weight is 375 g/mol. The summed E-state index contributed by atoms with van der Waals surface area (Å²) in [6.45, 7) is 1.64. The lowest BCUT2D eigenvalue weighted by atomic mass is 10.2. The van der Waals surface area contributed by atoms with Gasteiger partial charge in [-0.05, 0) is 42.0 Å². The molecule has 2 rings (SSSR count). The first-order chi connectivity index (χ1) is 12.6. The molecule has 0 aliphatic rings. The Kier molecular flexibility index (Phi) is 7.76. The van der Waals surface area contributed by atoms with E-state index in [-0.39, 0.29) is 5.91 Å². The third-order valence-electron chi connectivity index (χ3n) is 3.63. The van der Waals surface area contributed by atoms with Gasteiger partial charge in [0, 0.05) is 37.3 Å². The molecule has 3 N–H and O–H groups in total. The van der Waals surface area contributed by atoms with E-state index in [9.17, 15) is 4.79 Å². The largest absolute Gasteiger partial charge is 0.497 e. The fraction of sp³-hybridized carbons (Fsp3) is 0.263. The Morgan fingerprint density at radius 2 is 1.81 bits per heavy atom. The van der Waals surface area contributed by atoms with Crippen LogP contribution in [-0.2, 0) is 6.54 Å². The molecule has 0 bridgehead atoms. The van der Waals surface area contributed by atoms with Gasteiger partial charge in [-0.3, -0.25) is 9.79 Å². The summed E-state index contributed by atoms with van der Waals surface area (Å²) in [4.78, 5) is 16.2. The van der Waals surface area contributed by atoms with Crippen molar-refractivity contribution < 1.29 is 9.53 Å². The maximum atomic E-state index is 12.1. The number of nitrogens with zero attached hydrogens (tertiary/aromatic N) is 1. The topological polar surface area (TPSA) is 74.8 Å². The van der Waals surface area contributed by atoms with Gasteiger partial charge in [0.05, 0.1) is 7.11 Å². The van der Waals surface area contributed by atoms with Crippen molar-refractivity contribution in [3.63, 3.8) is 0 Å². The third kappa shape index (κ3) is 6.29. The SMILES string of the molecule is CN=C(NCCNC(=O)c1ccc(OC)cc1)NCc1cccc(Cl)c1.